The standard InChI is InChI=1S/C14H21N5O3S.C4H8O2.3ClH/c1-23(21,22)12-8-9(13(20)18-14(16)17)2-3-11(12)19-6-4-10(15)5-7-19;1-2-6-4-3-5-1;;;/h2-3,8,10H,4-7,15H2,1H3,(H4,16,17,18,20);1-4H2;3*1H. The number of nitrogens with zero attached hydrogens (tertiary/aromatic N) is 2. The van der Waals surface area contributed by atoms with E-state index in [9.17, 15) is 13.2 Å². The summed E-state index contributed by atoms with van der Waals surface area (Å²) in [7, 11) is -3.52. The number of hydrogen-bond donors (Lipinski definition) is 3. The van der Waals surface area contributed by atoms with E-state index in [1.165, 1.54) is 12.1 Å². The number of carbonyl (C=O) groups is 1. The maximum Gasteiger partial charge on any atom is 0.280 e. The van der Waals surface area contributed by atoms with Crippen LogP contribution in [0.5, 0.6) is 0 Å². The highest BCUT2D eigenvalue weighted by Gasteiger charge is 2.23. The zero-order chi connectivity index (χ0) is 21.4. The average molecular weight is 537 g/mol. The first kappa shape index (κ1) is 32.8. The van der Waals surface area contributed by atoms with Crippen LogP contribution in [-0.4, -0.2) is 72.1 Å². The SMILES string of the molecule is C1COCCO1.CS(=O)(=O)c1cc(C(=O)N=C(N)N)ccc1N1CCC(N)CC1.Cl.Cl.Cl. The molecule has 6 N–H and O–H groups in total. The molecule has 32 heavy (non-hydrogen) atoms. The van der Waals surface area contributed by atoms with Crippen molar-refractivity contribution >= 4 is 64.6 Å². The molecule has 0 aromatic heterocycles. The van der Waals surface area contributed by atoms with Gasteiger partial charge in [0, 0.05) is 31.0 Å². The predicted molar refractivity (Wildman–Crippen MR) is 132 cm³/mol. The van der Waals surface area contributed by atoms with Crippen LogP contribution in [0, 0.1) is 0 Å². The Kier molecular flexibility index (Phi) is 15.9. The summed E-state index contributed by atoms with van der Waals surface area (Å²) in [5.74, 6) is -1.05. The number of nitrogens with two attached hydrogens (primary N) is 3. The van der Waals surface area contributed by atoms with Crippen LogP contribution in [0.4, 0.5) is 5.69 Å². The van der Waals surface area contributed by atoms with Gasteiger partial charge in [-0.3, -0.25) is 4.79 Å². The second kappa shape index (κ2) is 15.5. The van der Waals surface area contributed by atoms with Crippen LogP contribution < -0.4 is 22.1 Å². The summed E-state index contributed by atoms with van der Waals surface area (Å²) in [4.78, 5) is 17.4. The van der Waals surface area contributed by atoms with Crippen molar-refractivity contribution in [1.29, 1.82) is 0 Å². The minimum absolute atomic E-state index is 0. The second-order valence-electron chi connectivity index (χ2n) is 6.85. The third kappa shape index (κ3) is 10.5. The molecule has 14 heteroatoms. The lowest BCUT2D eigenvalue weighted by Gasteiger charge is -2.33. The van der Waals surface area contributed by atoms with E-state index in [-0.39, 0.29) is 59.7 Å². The van der Waals surface area contributed by atoms with Crippen molar-refractivity contribution in [2.75, 3.05) is 50.7 Å². The number of ether oxygens (including phenoxy) is 2. The number of aliphatic imine (C=N–C) groups is 1. The molecule has 0 spiro atoms. The van der Waals surface area contributed by atoms with Gasteiger partial charge in [0.1, 0.15) is 0 Å². The summed E-state index contributed by atoms with van der Waals surface area (Å²) in [5, 5.41) is 0. The highest BCUT2D eigenvalue weighted by molar-refractivity contribution is 7.90. The molecule has 0 saturated carbocycles. The van der Waals surface area contributed by atoms with E-state index in [0.717, 1.165) is 45.5 Å². The molecule has 3 rings (SSSR count). The van der Waals surface area contributed by atoms with Crippen molar-refractivity contribution in [3.05, 3.63) is 23.8 Å². The Morgan fingerprint density at radius 3 is 1.94 bits per heavy atom. The number of sulfone groups is 1. The van der Waals surface area contributed by atoms with E-state index in [2.05, 4.69) is 4.99 Å². The lowest BCUT2D eigenvalue weighted by molar-refractivity contribution is -0.0334. The Morgan fingerprint density at radius 2 is 1.53 bits per heavy atom. The fraction of sp³-hybridized carbons (Fsp3) is 0.556. The first-order valence-electron chi connectivity index (χ1n) is 9.32. The summed E-state index contributed by atoms with van der Waals surface area (Å²) < 4.78 is 34.1. The van der Waals surface area contributed by atoms with Crippen molar-refractivity contribution < 1.29 is 22.7 Å². The molecule has 2 aliphatic rings. The van der Waals surface area contributed by atoms with Gasteiger partial charge in [-0.2, -0.15) is 4.99 Å². The van der Waals surface area contributed by atoms with Crippen molar-refractivity contribution in [1.82, 2.24) is 0 Å². The van der Waals surface area contributed by atoms with Crippen LogP contribution in [0.25, 0.3) is 0 Å². The third-order valence-corrected chi connectivity index (χ3v) is 5.59. The smallest absolute Gasteiger partial charge is 0.280 e. The molecule has 1 amide bonds. The zero-order valence-corrected chi connectivity index (χ0v) is 21.0. The fourth-order valence-electron chi connectivity index (χ4n) is 2.97. The van der Waals surface area contributed by atoms with E-state index < -0.39 is 15.7 Å². The van der Waals surface area contributed by atoms with Gasteiger partial charge in [-0.05, 0) is 31.0 Å². The molecule has 2 fully saturated rings. The van der Waals surface area contributed by atoms with Crippen LogP contribution in [0.2, 0.25) is 0 Å². The number of rotatable bonds is 3. The third-order valence-electron chi connectivity index (χ3n) is 4.46. The Hall–Kier alpha value is -1.34. The van der Waals surface area contributed by atoms with Gasteiger partial charge in [0.15, 0.2) is 15.8 Å². The van der Waals surface area contributed by atoms with Crippen LogP contribution in [-0.2, 0) is 19.3 Å². The Bertz CT molecular complexity index is 830. The second-order valence-corrected chi connectivity index (χ2v) is 8.83. The number of piperidine rings is 1. The maximum atomic E-state index is 12.1. The van der Waals surface area contributed by atoms with E-state index in [0.29, 0.717) is 18.8 Å². The average Bonchev–Trinajstić information content (AvgIpc) is 2.69. The summed E-state index contributed by atoms with van der Waals surface area (Å²) >= 11 is 0. The number of amides is 1. The summed E-state index contributed by atoms with van der Waals surface area (Å²) in [5.41, 5.74) is 16.9. The molecule has 0 radical (unpaired) electrons. The first-order valence-corrected chi connectivity index (χ1v) is 11.2. The number of halogens is 3. The minimum Gasteiger partial charge on any atom is -0.377 e. The Balaban J connectivity index is 0. The molecule has 0 unspecified atom stereocenters. The van der Waals surface area contributed by atoms with Crippen LogP contribution in [0.3, 0.4) is 0 Å². The fourth-order valence-corrected chi connectivity index (χ4v) is 3.89. The van der Waals surface area contributed by atoms with Gasteiger partial charge in [-0.15, -0.1) is 37.2 Å². The number of benzene rings is 1. The van der Waals surface area contributed by atoms with Gasteiger partial charge < -0.3 is 31.6 Å². The monoisotopic (exact) mass is 535 g/mol. The molecule has 2 heterocycles. The molecule has 10 nitrogen and oxygen atoms in total. The Morgan fingerprint density at radius 1 is 1.03 bits per heavy atom. The lowest BCUT2D eigenvalue weighted by Crippen LogP contribution is -2.40. The highest BCUT2D eigenvalue weighted by atomic mass is 35.5. The van der Waals surface area contributed by atoms with Crippen molar-refractivity contribution in [2.45, 2.75) is 23.8 Å². The van der Waals surface area contributed by atoms with Crippen LogP contribution in [0.15, 0.2) is 28.1 Å². The number of hydrogen-bond acceptors (Lipinski definition) is 7. The molecule has 0 aliphatic carbocycles. The first-order chi connectivity index (χ1) is 13.7. The summed E-state index contributed by atoms with van der Waals surface area (Å²) in [6.45, 7) is 4.45. The lowest BCUT2D eigenvalue weighted by atomic mass is 10.0. The molecule has 186 valence electrons. The summed E-state index contributed by atoms with van der Waals surface area (Å²) in [6, 6.07) is 4.58. The molecular formula is C18H32Cl3N5O5S. The number of guanidine groups is 1. The molecule has 0 bridgehead atoms. The number of carbonyl (C=O) groups excluding carboxylic acids is 1. The molecular weight excluding hydrogens is 505 g/mol. The van der Waals surface area contributed by atoms with Crippen molar-refractivity contribution in [3.63, 3.8) is 0 Å². The van der Waals surface area contributed by atoms with Gasteiger partial charge in [-0.1, -0.05) is 0 Å². The maximum absolute atomic E-state index is 12.1. The van der Waals surface area contributed by atoms with Crippen molar-refractivity contribution in [2.24, 2.45) is 22.2 Å². The van der Waals surface area contributed by atoms with Gasteiger partial charge >= 0.3 is 0 Å². The minimum atomic E-state index is -3.52. The van der Waals surface area contributed by atoms with Crippen molar-refractivity contribution in [3.8, 4) is 0 Å². The summed E-state index contributed by atoms with van der Waals surface area (Å²) in [6.07, 6.45) is 2.69. The van der Waals surface area contributed by atoms with E-state index >= 15 is 0 Å². The number of anilines is 1. The highest BCUT2D eigenvalue weighted by Crippen LogP contribution is 2.29. The van der Waals surface area contributed by atoms with Gasteiger partial charge in [0.2, 0.25) is 0 Å². The molecule has 2 saturated heterocycles. The molecule has 0 atom stereocenters. The van der Waals surface area contributed by atoms with E-state index in [4.69, 9.17) is 26.7 Å². The Labute approximate surface area is 207 Å². The predicted octanol–water partition coefficient (Wildman–Crippen LogP) is 0.730. The quantitative estimate of drug-likeness (QED) is 0.373. The van der Waals surface area contributed by atoms with Gasteiger partial charge in [0.25, 0.3) is 5.91 Å². The normalized spacial score (nSPS) is 16.1. The van der Waals surface area contributed by atoms with Gasteiger partial charge in [-0.25, -0.2) is 8.42 Å². The van der Waals surface area contributed by atoms with Crippen LogP contribution in [0.1, 0.15) is 23.2 Å². The molecule has 1 aromatic rings. The zero-order valence-electron chi connectivity index (χ0n) is 17.8. The van der Waals surface area contributed by atoms with Gasteiger partial charge in [0.05, 0.1) is 37.0 Å². The molecule has 2 aliphatic heterocycles. The van der Waals surface area contributed by atoms with E-state index in [1.54, 1.807) is 6.07 Å². The molecule has 1 aromatic carbocycles. The van der Waals surface area contributed by atoms with Crippen LogP contribution >= 0.6 is 37.2 Å². The topological polar surface area (TPSA) is 163 Å². The largest absolute Gasteiger partial charge is 0.377 e. The van der Waals surface area contributed by atoms with E-state index in [1.807, 2.05) is 4.90 Å².